The van der Waals surface area contributed by atoms with E-state index in [2.05, 4.69) is 5.32 Å². The summed E-state index contributed by atoms with van der Waals surface area (Å²) in [5, 5.41) is 1.97. The van der Waals surface area contributed by atoms with Crippen LogP contribution < -0.4 is 11.1 Å². The first-order valence-corrected chi connectivity index (χ1v) is 17.8. The van der Waals surface area contributed by atoms with Crippen LogP contribution in [0.25, 0.3) is 0 Å². The minimum absolute atomic E-state index is 0.0753. The fourth-order valence-electron chi connectivity index (χ4n) is 5.09. The van der Waals surface area contributed by atoms with Gasteiger partial charge in [0.2, 0.25) is 5.91 Å². The van der Waals surface area contributed by atoms with Crippen molar-refractivity contribution in [2.24, 2.45) is 5.73 Å². The van der Waals surface area contributed by atoms with Crippen LogP contribution in [0.2, 0.25) is 0 Å². The quantitative estimate of drug-likeness (QED) is 0.145. The number of nitrogens with zero attached hydrogens (tertiary/aromatic N) is 1. The van der Waals surface area contributed by atoms with Gasteiger partial charge in [0.25, 0.3) is 0 Å². The Kier molecular flexibility index (Phi) is 14.2. The molecule has 3 atom stereocenters. The lowest BCUT2D eigenvalue weighted by Crippen LogP contribution is -2.43. The summed E-state index contributed by atoms with van der Waals surface area (Å²) in [5.74, 6) is -0.336. The van der Waals surface area contributed by atoms with Gasteiger partial charge >= 0.3 is 18.2 Å². The molecule has 46 heavy (non-hydrogen) atoms. The number of nitrogens with two attached hydrogens (primary N) is 1. The van der Waals surface area contributed by atoms with Gasteiger partial charge in [-0.3, -0.25) is 9.59 Å². The van der Waals surface area contributed by atoms with Crippen molar-refractivity contribution in [1.82, 2.24) is 10.2 Å². The lowest BCUT2D eigenvalue weighted by atomic mass is 10.1. The highest BCUT2D eigenvalue weighted by Crippen LogP contribution is 2.59. The largest absolute Gasteiger partial charge is 0.519 e. The van der Waals surface area contributed by atoms with E-state index in [1.165, 1.54) is 0 Å². The smallest absolute Gasteiger partial charge is 0.465 e. The van der Waals surface area contributed by atoms with Crippen molar-refractivity contribution in [3.63, 3.8) is 0 Å². The predicted molar refractivity (Wildman–Crippen MR) is 178 cm³/mol. The normalized spacial score (nSPS) is 18.8. The van der Waals surface area contributed by atoms with Crippen LogP contribution in [0.15, 0.2) is 60.7 Å². The van der Waals surface area contributed by atoms with E-state index in [-0.39, 0.29) is 25.0 Å². The van der Waals surface area contributed by atoms with Gasteiger partial charge in [-0.15, -0.1) is 0 Å². The molecule has 2 aromatic rings. The van der Waals surface area contributed by atoms with Crippen LogP contribution in [0, 0.1) is 0 Å². The molecule has 3 N–H and O–H groups in total. The van der Waals surface area contributed by atoms with Crippen molar-refractivity contribution >= 4 is 34.4 Å². The molecule has 2 amide bonds. The maximum Gasteiger partial charge on any atom is 0.519 e. The van der Waals surface area contributed by atoms with E-state index >= 15 is 0 Å². The van der Waals surface area contributed by atoms with E-state index in [4.69, 9.17) is 24.1 Å². The number of benzene rings is 2. The number of ether oxygens (including phenoxy) is 3. The van der Waals surface area contributed by atoms with Crippen molar-refractivity contribution in [2.75, 3.05) is 31.3 Å². The molecule has 0 bridgehead atoms. The first-order valence-electron chi connectivity index (χ1n) is 15.8. The molecule has 1 aliphatic rings. The zero-order valence-electron chi connectivity index (χ0n) is 27.4. The fraction of sp³-hybridized carbons (Fsp3) is 0.529. The number of hydrogen-bond donors (Lipinski definition) is 2. The molecule has 0 aromatic heterocycles. The standard InChI is InChI=1S/C34H49N3O8S/c1-5-42-31(39)29(20-19-26-14-8-6-9-15-26)46(45-33(41)44-34(2,3)4)23-22-37(25-46)30(38)28(35)18-12-13-21-36-32(40)43-24-27-16-10-7-11-17-27/h6-11,14-17,28-29H,5,12-13,18-25,35H2,1-4H3,(H,36,40)/t28-,29?/m0/s1. The molecule has 2 aromatic carbocycles. The Morgan fingerprint density at radius 3 is 2.22 bits per heavy atom. The number of amides is 2. The summed E-state index contributed by atoms with van der Waals surface area (Å²) in [6.07, 6.45) is 1.20. The number of esters is 1. The SMILES string of the molecule is CCOC(=O)C(CCc1ccccc1)S1(OC(=O)OC(C)(C)C)CCN(C(=O)[C@@H](N)CCCCNC(=O)OCc2ccccc2)C1. The molecule has 1 aliphatic heterocycles. The molecule has 3 rings (SSSR count). The molecular formula is C34H49N3O8S. The monoisotopic (exact) mass is 659 g/mol. The van der Waals surface area contributed by atoms with Crippen LogP contribution in [0.4, 0.5) is 9.59 Å². The number of hydrogen-bond acceptors (Lipinski definition) is 9. The average Bonchev–Trinajstić information content (AvgIpc) is 3.43. The van der Waals surface area contributed by atoms with Crippen LogP contribution >= 0.6 is 10.3 Å². The van der Waals surface area contributed by atoms with Gasteiger partial charge in [0.15, 0.2) is 0 Å². The van der Waals surface area contributed by atoms with Crippen molar-refractivity contribution in [3.8, 4) is 0 Å². The van der Waals surface area contributed by atoms with Gasteiger partial charge < -0.3 is 34.3 Å². The van der Waals surface area contributed by atoms with Gasteiger partial charge in [-0.1, -0.05) is 71.0 Å². The molecule has 1 heterocycles. The molecule has 11 nitrogen and oxygen atoms in total. The number of aryl methyl sites for hydroxylation is 1. The Hall–Kier alpha value is -3.77. The predicted octanol–water partition coefficient (Wildman–Crippen LogP) is 5.45. The van der Waals surface area contributed by atoms with Crippen LogP contribution in [0.3, 0.4) is 0 Å². The summed E-state index contributed by atoms with van der Waals surface area (Å²) in [7, 11) is -2.52. The molecule has 0 radical (unpaired) electrons. The van der Waals surface area contributed by atoms with Crippen molar-refractivity contribution in [1.29, 1.82) is 0 Å². The zero-order valence-corrected chi connectivity index (χ0v) is 28.2. The zero-order chi connectivity index (χ0) is 33.6. The second kappa shape index (κ2) is 17.8. The van der Waals surface area contributed by atoms with E-state index in [0.717, 1.165) is 11.1 Å². The third-order valence-corrected chi connectivity index (χ3v) is 10.9. The molecule has 2 unspecified atom stereocenters. The number of alkyl carbamates (subject to hydrolysis) is 1. The topological polar surface area (TPSA) is 146 Å². The first-order chi connectivity index (χ1) is 21.9. The molecule has 12 heteroatoms. The summed E-state index contributed by atoms with van der Waals surface area (Å²) in [5.41, 5.74) is 7.46. The summed E-state index contributed by atoms with van der Waals surface area (Å²) >= 11 is 0. The molecule has 1 saturated heterocycles. The molecular weight excluding hydrogens is 610 g/mol. The number of carbonyl (C=O) groups is 4. The molecule has 0 spiro atoms. The van der Waals surface area contributed by atoms with E-state index in [0.29, 0.717) is 50.9 Å². The molecule has 1 fully saturated rings. The summed E-state index contributed by atoms with van der Waals surface area (Å²) in [6.45, 7) is 7.99. The van der Waals surface area contributed by atoms with Gasteiger partial charge in [-0.05, 0) is 70.9 Å². The lowest BCUT2D eigenvalue weighted by Gasteiger charge is -2.40. The first kappa shape index (κ1) is 36.7. The fourth-order valence-corrected chi connectivity index (χ4v) is 8.52. The van der Waals surface area contributed by atoms with Gasteiger partial charge in [0, 0.05) is 18.8 Å². The maximum atomic E-state index is 13.5. The highest BCUT2D eigenvalue weighted by atomic mass is 32.3. The second-order valence-corrected chi connectivity index (χ2v) is 15.3. The van der Waals surface area contributed by atoms with Gasteiger partial charge in [0.05, 0.1) is 18.5 Å². The number of carbonyl (C=O) groups excluding carboxylic acids is 4. The van der Waals surface area contributed by atoms with E-state index in [1.807, 2.05) is 60.7 Å². The lowest BCUT2D eigenvalue weighted by molar-refractivity contribution is -0.142. The van der Waals surface area contributed by atoms with Gasteiger partial charge in [0.1, 0.15) is 17.5 Å². The third-order valence-electron chi connectivity index (χ3n) is 7.36. The minimum Gasteiger partial charge on any atom is -0.465 e. The summed E-state index contributed by atoms with van der Waals surface area (Å²) in [4.78, 5) is 53.5. The number of nitrogens with one attached hydrogen (secondary N) is 1. The third kappa shape index (κ3) is 11.9. The number of unbranched alkanes of at least 4 members (excludes halogenated alkanes) is 1. The average molecular weight is 660 g/mol. The highest BCUT2D eigenvalue weighted by molar-refractivity contribution is 8.31. The number of rotatable bonds is 15. The Labute approximate surface area is 274 Å². The molecule has 254 valence electrons. The van der Waals surface area contributed by atoms with Crippen molar-refractivity contribution < 1.29 is 37.6 Å². The van der Waals surface area contributed by atoms with Crippen LogP contribution in [0.5, 0.6) is 0 Å². The van der Waals surface area contributed by atoms with E-state index in [1.54, 1.807) is 32.6 Å². The van der Waals surface area contributed by atoms with E-state index < -0.39 is 45.4 Å². The molecule has 0 aliphatic carbocycles. The van der Waals surface area contributed by atoms with E-state index in [9.17, 15) is 19.2 Å². The molecule has 0 saturated carbocycles. The Bertz CT molecular complexity index is 1270. The summed E-state index contributed by atoms with van der Waals surface area (Å²) < 4.78 is 22.2. The maximum absolute atomic E-state index is 13.5. The Balaban J connectivity index is 1.60. The highest BCUT2D eigenvalue weighted by Gasteiger charge is 2.49. The Morgan fingerprint density at radius 2 is 1.59 bits per heavy atom. The van der Waals surface area contributed by atoms with Crippen LogP contribution in [0.1, 0.15) is 64.5 Å². The van der Waals surface area contributed by atoms with Gasteiger partial charge in [-0.2, -0.15) is 0 Å². The van der Waals surface area contributed by atoms with Crippen molar-refractivity contribution in [3.05, 3.63) is 71.8 Å². The minimum atomic E-state index is -2.52. The van der Waals surface area contributed by atoms with Crippen LogP contribution in [-0.4, -0.2) is 77.2 Å². The second-order valence-electron chi connectivity index (χ2n) is 12.2. The van der Waals surface area contributed by atoms with Crippen molar-refractivity contribution in [2.45, 2.75) is 83.3 Å². The van der Waals surface area contributed by atoms with Crippen LogP contribution in [-0.2, 0) is 41.0 Å². The van der Waals surface area contributed by atoms with Gasteiger partial charge in [-0.25, -0.2) is 9.59 Å². The Morgan fingerprint density at radius 1 is 0.935 bits per heavy atom. The summed E-state index contributed by atoms with van der Waals surface area (Å²) in [6, 6.07) is 18.4.